The van der Waals surface area contributed by atoms with Crippen molar-refractivity contribution in [3.8, 4) is 0 Å². The van der Waals surface area contributed by atoms with Crippen LogP contribution in [0.25, 0.3) is 0 Å². The summed E-state index contributed by atoms with van der Waals surface area (Å²) < 4.78 is 17.4. The third-order valence-corrected chi connectivity index (χ3v) is 7.16. The van der Waals surface area contributed by atoms with Crippen molar-refractivity contribution in [2.75, 3.05) is 32.8 Å². The highest BCUT2D eigenvalue weighted by molar-refractivity contribution is 5.76. The second-order valence-electron chi connectivity index (χ2n) is 8.40. The van der Waals surface area contributed by atoms with Crippen LogP contribution in [-0.2, 0) is 19.0 Å². The summed E-state index contributed by atoms with van der Waals surface area (Å²) in [5.74, 6) is 0.649. The van der Waals surface area contributed by atoms with Crippen LogP contribution in [0, 0.1) is 17.8 Å². The van der Waals surface area contributed by atoms with Gasteiger partial charge in [0.2, 0.25) is 0 Å². The summed E-state index contributed by atoms with van der Waals surface area (Å²) in [6.45, 7) is 8.72. The molecule has 0 radical (unpaired) electrons. The van der Waals surface area contributed by atoms with Gasteiger partial charge in [-0.15, -0.1) is 0 Å². The summed E-state index contributed by atoms with van der Waals surface area (Å²) in [5.41, 5.74) is 2.96. The number of ether oxygens (including phenoxy) is 3. The number of epoxide rings is 1. The molecule has 1 saturated carbocycles. The van der Waals surface area contributed by atoms with Crippen LogP contribution >= 0.6 is 0 Å². The summed E-state index contributed by atoms with van der Waals surface area (Å²) in [6.07, 6.45) is 3.59. The third kappa shape index (κ3) is 2.14. The Balaban J connectivity index is 1.41. The van der Waals surface area contributed by atoms with E-state index in [-0.39, 0.29) is 29.5 Å². The summed E-state index contributed by atoms with van der Waals surface area (Å²) in [7, 11) is 0. The maximum atomic E-state index is 12.7. The Kier molecular flexibility index (Phi) is 3.39. The molecule has 0 aromatic rings. The van der Waals surface area contributed by atoms with Gasteiger partial charge in [0.05, 0.1) is 25.2 Å². The van der Waals surface area contributed by atoms with E-state index in [1.54, 1.807) is 0 Å². The number of esters is 1. The third-order valence-electron chi connectivity index (χ3n) is 7.16. The van der Waals surface area contributed by atoms with Crippen LogP contribution in [0.1, 0.15) is 33.1 Å². The van der Waals surface area contributed by atoms with Gasteiger partial charge in [0, 0.05) is 31.5 Å². The zero-order chi connectivity index (χ0) is 16.5. The van der Waals surface area contributed by atoms with E-state index >= 15 is 0 Å². The highest BCUT2D eigenvalue weighted by Gasteiger charge is 2.69. The zero-order valence-corrected chi connectivity index (χ0v) is 14.6. The van der Waals surface area contributed by atoms with Crippen molar-refractivity contribution in [2.24, 2.45) is 17.8 Å². The molecule has 3 saturated heterocycles. The van der Waals surface area contributed by atoms with Crippen molar-refractivity contribution in [1.29, 1.82) is 0 Å². The smallest absolute Gasteiger partial charge is 0.310 e. The minimum absolute atomic E-state index is 0.0154. The maximum Gasteiger partial charge on any atom is 0.310 e. The number of hydrogen-bond donors (Lipinski definition) is 0. The molecule has 0 aromatic heterocycles. The lowest BCUT2D eigenvalue weighted by atomic mass is 9.78. The van der Waals surface area contributed by atoms with E-state index in [2.05, 4.69) is 18.7 Å². The van der Waals surface area contributed by atoms with E-state index < -0.39 is 0 Å². The fourth-order valence-electron chi connectivity index (χ4n) is 5.64. The van der Waals surface area contributed by atoms with Crippen LogP contribution in [0.15, 0.2) is 11.1 Å². The highest BCUT2D eigenvalue weighted by Crippen LogP contribution is 2.62. The molecule has 0 bridgehead atoms. The molecular formula is C19H27NO4. The predicted molar refractivity (Wildman–Crippen MR) is 87.4 cm³/mol. The topological polar surface area (TPSA) is 51.3 Å². The highest BCUT2D eigenvalue weighted by atomic mass is 16.6. The molecule has 5 heteroatoms. The fraction of sp³-hybridized carbons (Fsp3) is 0.842. The zero-order valence-electron chi connectivity index (χ0n) is 14.6. The van der Waals surface area contributed by atoms with Crippen molar-refractivity contribution in [1.82, 2.24) is 4.90 Å². The average Bonchev–Trinajstić information content (AvgIpc) is 3.05. The van der Waals surface area contributed by atoms with Crippen molar-refractivity contribution in [2.45, 2.75) is 50.9 Å². The SMILES string of the molecule is CC1=C2C[C@H]3O[C@@]3(C)[C@@H]2[C@H]2OC(=O)[C@@H](CN3CCOCC3)[C@@H]2CC1. The van der Waals surface area contributed by atoms with Gasteiger partial charge >= 0.3 is 5.97 Å². The summed E-state index contributed by atoms with van der Waals surface area (Å²) >= 11 is 0. The first-order valence-corrected chi connectivity index (χ1v) is 9.45. The molecule has 6 atom stereocenters. The minimum atomic E-state index is -0.0853. The van der Waals surface area contributed by atoms with Crippen molar-refractivity contribution in [3.63, 3.8) is 0 Å². The number of nitrogens with zero attached hydrogens (tertiary/aromatic N) is 1. The summed E-state index contributed by atoms with van der Waals surface area (Å²) in [6, 6.07) is 0. The molecule has 0 spiro atoms. The molecule has 2 aliphatic carbocycles. The van der Waals surface area contributed by atoms with Crippen molar-refractivity contribution < 1.29 is 19.0 Å². The average molecular weight is 333 g/mol. The Morgan fingerprint density at radius 1 is 1.29 bits per heavy atom. The molecule has 4 fully saturated rings. The second-order valence-corrected chi connectivity index (χ2v) is 8.40. The minimum Gasteiger partial charge on any atom is -0.461 e. The molecule has 5 nitrogen and oxygen atoms in total. The molecule has 24 heavy (non-hydrogen) atoms. The molecular weight excluding hydrogens is 306 g/mol. The van der Waals surface area contributed by atoms with Crippen LogP contribution in [0.2, 0.25) is 0 Å². The van der Waals surface area contributed by atoms with Gasteiger partial charge in [-0.2, -0.15) is 0 Å². The molecule has 0 aromatic carbocycles. The first-order valence-electron chi connectivity index (χ1n) is 9.45. The van der Waals surface area contributed by atoms with Crippen LogP contribution < -0.4 is 0 Å². The van der Waals surface area contributed by atoms with Gasteiger partial charge in [0.15, 0.2) is 0 Å². The van der Waals surface area contributed by atoms with Gasteiger partial charge in [-0.1, -0.05) is 11.1 Å². The Labute approximate surface area is 143 Å². The Morgan fingerprint density at radius 2 is 2.08 bits per heavy atom. The summed E-state index contributed by atoms with van der Waals surface area (Å²) in [4.78, 5) is 15.1. The number of allylic oxidation sites excluding steroid dienone is 1. The normalized spacial score (nSPS) is 47.8. The molecule has 3 heterocycles. The van der Waals surface area contributed by atoms with E-state index in [1.165, 1.54) is 11.1 Å². The number of carbonyl (C=O) groups excluding carboxylic acids is 1. The molecule has 3 aliphatic heterocycles. The van der Waals surface area contributed by atoms with Crippen molar-refractivity contribution >= 4 is 5.97 Å². The number of hydrogen-bond acceptors (Lipinski definition) is 5. The Bertz CT molecular complexity index is 596. The summed E-state index contributed by atoms with van der Waals surface area (Å²) in [5, 5.41) is 0. The van der Waals surface area contributed by atoms with Crippen LogP contribution in [0.4, 0.5) is 0 Å². The van der Waals surface area contributed by atoms with Gasteiger partial charge in [-0.3, -0.25) is 9.69 Å². The van der Waals surface area contributed by atoms with Crippen molar-refractivity contribution in [3.05, 3.63) is 11.1 Å². The van der Waals surface area contributed by atoms with Crippen LogP contribution in [-0.4, -0.2) is 61.5 Å². The van der Waals surface area contributed by atoms with Gasteiger partial charge in [0.1, 0.15) is 11.7 Å². The quantitative estimate of drug-likeness (QED) is 0.438. The molecule has 0 unspecified atom stereocenters. The van der Waals surface area contributed by atoms with E-state index in [0.717, 1.165) is 52.1 Å². The standard InChI is InChI=1S/C19H27NO4/c1-11-3-4-12-14(10-20-5-7-22-8-6-20)18(21)23-17(12)16-13(11)9-15-19(16,2)24-15/h12,14-17H,3-10H2,1-2H3/t12-,14-,15+,16-,17-,19+/m0/s1. The number of fused-ring (bicyclic) bond motifs is 5. The Morgan fingerprint density at radius 3 is 2.88 bits per heavy atom. The van der Waals surface area contributed by atoms with E-state index in [1.807, 2.05) is 0 Å². The predicted octanol–water partition coefficient (Wildman–Crippen LogP) is 1.76. The van der Waals surface area contributed by atoms with Crippen LogP contribution in [0.3, 0.4) is 0 Å². The van der Waals surface area contributed by atoms with E-state index in [4.69, 9.17) is 14.2 Å². The number of morpholine rings is 1. The lowest BCUT2D eigenvalue weighted by molar-refractivity contribution is -0.146. The lowest BCUT2D eigenvalue weighted by Gasteiger charge is -2.31. The van der Waals surface area contributed by atoms with Gasteiger partial charge < -0.3 is 14.2 Å². The number of carbonyl (C=O) groups is 1. The monoisotopic (exact) mass is 333 g/mol. The van der Waals surface area contributed by atoms with E-state index in [9.17, 15) is 4.79 Å². The Hall–Kier alpha value is -0.910. The van der Waals surface area contributed by atoms with Gasteiger partial charge in [-0.05, 0) is 33.1 Å². The largest absolute Gasteiger partial charge is 0.461 e. The second kappa shape index (κ2) is 5.29. The lowest BCUT2D eigenvalue weighted by Crippen LogP contribution is -2.42. The fourth-order valence-corrected chi connectivity index (χ4v) is 5.64. The maximum absolute atomic E-state index is 12.7. The number of rotatable bonds is 2. The van der Waals surface area contributed by atoms with Gasteiger partial charge in [-0.25, -0.2) is 0 Å². The first kappa shape index (κ1) is 15.4. The molecule has 132 valence electrons. The van der Waals surface area contributed by atoms with Gasteiger partial charge in [0.25, 0.3) is 0 Å². The van der Waals surface area contributed by atoms with Crippen LogP contribution in [0.5, 0.6) is 0 Å². The van der Waals surface area contributed by atoms with E-state index in [0.29, 0.717) is 12.0 Å². The molecule has 0 N–H and O–H groups in total. The molecule has 0 amide bonds. The molecule has 5 aliphatic rings. The first-order chi connectivity index (χ1) is 11.6. The molecule has 5 rings (SSSR count).